The van der Waals surface area contributed by atoms with Gasteiger partial charge in [-0.1, -0.05) is 111 Å². The summed E-state index contributed by atoms with van der Waals surface area (Å²) in [5, 5.41) is 29.0. The first-order valence-electron chi connectivity index (χ1n) is 24.7. The van der Waals surface area contributed by atoms with Crippen LogP contribution in [0.25, 0.3) is 0 Å². The molecule has 0 unspecified atom stereocenters. The lowest BCUT2D eigenvalue weighted by atomic mass is 10.4. The van der Waals surface area contributed by atoms with Gasteiger partial charge in [-0.05, 0) is 96.8 Å². The molecule has 0 bridgehead atoms. The molecule has 0 aromatic carbocycles. The number of aryl methyl sites for hydroxylation is 8. The van der Waals surface area contributed by atoms with E-state index in [1.807, 2.05) is 184 Å². The average Bonchev–Trinajstić information content (AvgIpc) is 3.46. The van der Waals surface area contributed by atoms with Gasteiger partial charge in [-0.15, -0.1) is 10.2 Å². The van der Waals surface area contributed by atoms with Crippen LogP contribution in [0.2, 0.25) is 0 Å². The molecule has 8 rings (SSSR count). The number of aromatic nitrogens is 18. The number of hydrogen-bond acceptors (Lipinski definition) is 18. The molecule has 0 radical (unpaired) electrons. The van der Waals surface area contributed by atoms with E-state index in [0.717, 1.165) is 39.7 Å². The summed E-state index contributed by atoms with van der Waals surface area (Å²) in [4.78, 5) is 38.1. The van der Waals surface area contributed by atoms with Gasteiger partial charge >= 0.3 is 0 Å². The average molecular weight is 995 g/mol. The minimum absolute atomic E-state index is 0.711. The summed E-state index contributed by atoms with van der Waals surface area (Å²) in [6.45, 7) is 47.2. The molecule has 72 heavy (non-hydrogen) atoms. The minimum atomic E-state index is 0.711. The maximum Gasteiger partial charge on any atom is 0.147 e. The van der Waals surface area contributed by atoms with Crippen LogP contribution in [0.1, 0.15) is 156 Å². The molecule has 0 amide bonds. The Labute approximate surface area is 437 Å². The zero-order valence-corrected chi connectivity index (χ0v) is 48.8. The van der Waals surface area contributed by atoms with E-state index in [0.29, 0.717) is 5.82 Å². The topological polar surface area (TPSA) is 232 Å². The highest BCUT2D eigenvalue weighted by molar-refractivity contribution is 5.00. The van der Waals surface area contributed by atoms with Crippen LogP contribution < -0.4 is 0 Å². The molecule has 0 atom stereocenters. The first-order valence-corrected chi connectivity index (χ1v) is 24.7. The van der Waals surface area contributed by atoms with Gasteiger partial charge in [-0.3, -0.25) is 9.97 Å². The van der Waals surface area contributed by atoms with Crippen LogP contribution in [-0.4, -0.2) is 90.6 Å². The molecule has 0 aliphatic rings. The van der Waals surface area contributed by atoms with Crippen molar-refractivity contribution in [2.45, 2.75) is 166 Å². The molecule has 18 nitrogen and oxygen atoms in total. The third kappa shape index (κ3) is 74.1. The van der Waals surface area contributed by atoms with E-state index in [-0.39, 0.29) is 0 Å². The maximum absolute atomic E-state index is 3.92. The predicted octanol–water partition coefficient (Wildman–Crippen LogP) is 13.3. The summed E-state index contributed by atoms with van der Waals surface area (Å²) in [5.74, 6) is 1.53. The number of rotatable bonds is 0. The third-order valence-electron chi connectivity index (χ3n) is 5.44. The monoisotopic (exact) mass is 995 g/mol. The molecule has 8 aromatic heterocycles. The van der Waals surface area contributed by atoms with E-state index in [2.05, 4.69) is 90.6 Å². The molecule has 0 aliphatic carbocycles. The smallest absolute Gasteiger partial charge is 0.147 e. The van der Waals surface area contributed by atoms with Gasteiger partial charge in [-0.25, -0.2) is 39.9 Å². The molecule has 0 N–H and O–H groups in total. The van der Waals surface area contributed by atoms with Gasteiger partial charge in [0.1, 0.15) is 30.6 Å². The van der Waals surface area contributed by atoms with E-state index in [1.54, 1.807) is 99.7 Å². The van der Waals surface area contributed by atoms with Crippen molar-refractivity contribution in [2.24, 2.45) is 0 Å². The lowest BCUT2D eigenvalue weighted by molar-refractivity contribution is 0.907. The van der Waals surface area contributed by atoms with Gasteiger partial charge < -0.3 is 0 Å². The summed E-state index contributed by atoms with van der Waals surface area (Å²) in [7, 11) is 0. The van der Waals surface area contributed by atoms with Crippen LogP contribution in [0.3, 0.4) is 0 Å². The fourth-order valence-corrected chi connectivity index (χ4v) is 2.84. The van der Waals surface area contributed by atoms with E-state index in [9.17, 15) is 0 Å². The van der Waals surface area contributed by atoms with E-state index >= 15 is 0 Å². The minimum Gasteiger partial charge on any atom is -0.261 e. The Bertz CT molecular complexity index is 1550. The second kappa shape index (κ2) is 77.7. The number of hydrogen-bond donors (Lipinski definition) is 0. The van der Waals surface area contributed by atoms with Gasteiger partial charge in [0.05, 0.1) is 35.7 Å². The predicted molar refractivity (Wildman–Crippen MR) is 301 cm³/mol. The van der Waals surface area contributed by atoms with Gasteiger partial charge in [0.15, 0.2) is 0 Å². The Morgan fingerprint density at radius 3 is 1.00 bits per heavy atom. The molecule has 400 valence electrons. The van der Waals surface area contributed by atoms with Crippen LogP contribution in [0.15, 0.2) is 136 Å². The zero-order valence-electron chi connectivity index (χ0n) is 48.8. The molecule has 8 heterocycles. The van der Waals surface area contributed by atoms with Crippen molar-refractivity contribution in [1.29, 1.82) is 0 Å². The molecule has 8 aromatic rings. The normalized spacial score (nSPS) is 7.44. The Morgan fingerprint density at radius 2 is 0.778 bits per heavy atom. The van der Waals surface area contributed by atoms with Gasteiger partial charge in [0, 0.05) is 73.9 Å². The summed E-state index contributed by atoms with van der Waals surface area (Å²) in [5.41, 5.74) is 6.03. The summed E-state index contributed by atoms with van der Waals surface area (Å²) in [6.07, 6.45) is 28.1. The van der Waals surface area contributed by atoms with Crippen molar-refractivity contribution in [3.63, 3.8) is 0 Å². The molecular weight excluding hydrogens is 901 g/mol. The van der Waals surface area contributed by atoms with Crippen molar-refractivity contribution in [3.8, 4) is 0 Å². The first-order chi connectivity index (χ1) is 35.2. The van der Waals surface area contributed by atoms with Crippen LogP contribution in [0.4, 0.5) is 0 Å². The maximum atomic E-state index is 3.92. The Morgan fingerprint density at radius 1 is 0.250 bits per heavy atom. The van der Waals surface area contributed by atoms with Crippen molar-refractivity contribution < 1.29 is 0 Å². The van der Waals surface area contributed by atoms with Crippen LogP contribution in [0, 0.1) is 55.4 Å². The molecule has 0 fully saturated rings. The van der Waals surface area contributed by atoms with Crippen molar-refractivity contribution in [1.82, 2.24) is 90.6 Å². The molecule has 0 saturated carbocycles. The van der Waals surface area contributed by atoms with Gasteiger partial charge in [0.25, 0.3) is 0 Å². The molecular formula is C54H94N18. The highest BCUT2D eigenvalue weighted by Crippen LogP contribution is 1.87. The quantitative estimate of drug-likeness (QED) is 0.137. The Balaban J connectivity index is -0.000000104. The fraction of sp³-hybridized carbons (Fsp3) is 0.444. The summed E-state index contributed by atoms with van der Waals surface area (Å²) >= 11 is 0. The largest absolute Gasteiger partial charge is 0.261 e. The van der Waals surface area contributed by atoms with E-state index in [4.69, 9.17) is 0 Å². The van der Waals surface area contributed by atoms with Crippen molar-refractivity contribution in [3.05, 3.63) is 182 Å². The summed E-state index contributed by atoms with van der Waals surface area (Å²) < 4.78 is 0. The standard InChI is InChI=1S/6C5H6N2.2C4H5N3.8C2H6/c1-5-2-6-4-7-3-5;1-5-4-6-2-3-7-5;1-5-2-3-6-4-7-5;1-5-2-3-6-7-4-5;1-5-6-3-2-4-7-5;1-5-3-2-4-6-7-5;1-4-2-5-3-6-7-4;1-4-5-2-3-6-7-4;8*1-2/h6*2-4H,1H3;2*2-3H,1H3;8*1-2H3. The summed E-state index contributed by atoms with van der Waals surface area (Å²) in [6, 6.07) is 9.34. The fourth-order valence-electron chi connectivity index (χ4n) is 2.84. The van der Waals surface area contributed by atoms with Gasteiger partial charge in [0.2, 0.25) is 0 Å². The highest BCUT2D eigenvalue weighted by Gasteiger charge is 1.79. The second-order valence-corrected chi connectivity index (χ2v) is 10.6. The van der Waals surface area contributed by atoms with Crippen molar-refractivity contribution >= 4 is 0 Å². The molecule has 0 aliphatic heterocycles. The SMILES string of the molecule is CC.CC.CC.CC.CC.CC.CC.CC.Cc1cccnn1.Cc1ccncn1.Cc1ccnnc1.Cc1cnccn1.Cc1cncnc1.Cc1cncnn1.Cc1ncccn1.Cc1nccnn1. The van der Waals surface area contributed by atoms with Gasteiger partial charge in [-0.2, -0.15) is 30.6 Å². The highest BCUT2D eigenvalue weighted by atomic mass is 15.1. The van der Waals surface area contributed by atoms with Crippen LogP contribution in [0.5, 0.6) is 0 Å². The lowest BCUT2D eigenvalue weighted by Crippen LogP contribution is -1.85. The second-order valence-electron chi connectivity index (χ2n) is 10.6. The zero-order chi connectivity index (χ0) is 56.9. The molecule has 0 saturated heterocycles. The Hall–Kier alpha value is -7.50. The molecule has 18 heteroatoms. The van der Waals surface area contributed by atoms with E-state index < -0.39 is 0 Å². The van der Waals surface area contributed by atoms with Crippen LogP contribution in [-0.2, 0) is 0 Å². The van der Waals surface area contributed by atoms with Crippen LogP contribution >= 0.6 is 0 Å². The van der Waals surface area contributed by atoms with E-state index in [1.165, 1.54) is 19.0 Å². The third-order valence-corrected chi connectivity index (χ3v) is 5.44. The molecule has 0 spiro atoms. The Kier molecular flexibility index (Phi) is 87.9. The lowest BCUT2D eigenvalue weighted by Gasteiger charge is -1.81. The first kappa shape index (κ1) is 81.5. The number of nitrogens with zero attached hydrogens (tertiary/aromatic N) is 18. The van der Waals surface area contributed by atoms with Crippen molar-refractivity contribution in [2.75, 3.05) is 0 Å².